The predicted octanol–water partition coefficient (Wildman–Crippen LogP) is 4.75. The van der Waals surface area contributed by atoms with Crippen molar-refractivity contribution in [3.63, 3.8) is 0 Å². The SMILES string of the molecule is CC(C)(C)c1ccc(C2CCN(C3CC4CCC3C4)CC2)nc1. The Kier molecular flexibility index (Phi) is 3.99. The van der Waals surface area contributed by atoms with Crippen LogP contribution in [0.2, 0.25) is 0 Å². The van der Waals surface area contributed by atoms with Crippen molar-refractivity contribution in [1.29, 1.82) is 0 Å². The van der Waals surface area contributed by atoms with Gasteiger partial charge in [0, 0.05) is 23.9 Å². The first kappa shape index (κ1) is 15.6. The molecule has 1 aliphatic heterocycles. The Morgan fingerprint density at radius 3 is 2.30 bits per heavy atom. The van der Waals surface area contributed by atoms with Gasteiger partial charge in [-0.2, -0.15) is 0 Å². The van der Waals surface area contributed by atoms with Crippen molar-refractivity contribution in [3.8, 4) is 0 Å². The second kappa shape index (κ2) is 5.88. The maximum atomic E-state index is 4.81. The van der Waals surface area contributed by atoms with Gasteiger partial charge in [-0.1, -0.05) is 33.3 Å². The molecule has 0 spiro atoms. The van der Waals surface area contributed by atoms with Gasteiger partial charge in [0.15, 0.2) is 0 Å². The maximum absolute atomic E-state index is 4.81. The first-order valence-corrected chi connectivity index (χ1v) is 9.71. The number of nitrogens with zero attached hydrogens (tertiary/aromatic N) is 2. The van der Waals surface area contributed by atoms with Crippen molar-refractivity contribution in [3.05, 3.63) is 29.6 Å². The molecule has 1 aromatic rings. The van der Waals surface area contributed by atoms with Gasteiger partial charge >= 0.3 is 0 Å². The molecule has 2 bridgehead atoms. The zero-order valence-electron chi connectivity index (χ0n) is 15.1. The molecule has 2 heteroatoms. The highest BCUT2D eigenvalue weighted by Crippen LogP contribution is 2.47. The van der Waals surface area contributed by atoms with Crippen molar-refractivity contribution < 1.29 is 0 Å². The molecule has 23 heavy (non-hydrogen) atoms. The van der Waals surface area contributed by atoms with Gasteiger partial charge in [0.1, 0.15) is 0 Å². The number of rotatable bonds is 2. The molecule has 1 aromatic heterocycles. The van der Waals surface area contributed by atoms with E-state index in [1.54, 1.807) is 0 Å². The van der Waals surface area contributed by atoms with Crippen LogP contribution in [-0.4, -0.2) is 29.0 Å². The zero-order valence-corrected chi connectivity index (χ0v) is 15.1. The summed E-state index contributed by atoms with van der Waals surface area (Å²) in [6, 6.07) is 5.51. The van der Waals surface area contributed by atoms with Crippen molar-refractivity contribution in [2.75, 3.05) is 13.1 Å². The summed E-state index contributed by atoms with van der Waals surface area (Å²) in [5.74, 6) is 2.77. The van der Waals surface area contributed by atoms with Crippen LogP contribution in [0.15, 0.2) is 18.3 Å². The summed E-state index contributed by atoms with van der Waals surface area (Å²) in [6.45, 7) is 9.37. The maximum Gasteiger partial charge on any atom is 0.0435 e. The molecule has 1 saturated heterocycles. The van der Waals surface area contributed by atoms with Crippen LogP contribution in [0, 0.1) is 11.8 Å². The molecule has 126 valence electrons. The summed E-state index contributed by atoms with van der Waals surface area (Å²) < 4.78 is 0. The molecule has 2 aliphatic carbocycles. The molecule has 3 fully saturated rings. The van der Waals surface area contributed by atoms with Crippen LogP contribution in [0.25, 0.3) is 0 Å². The minimum Gasteiger partial charge on any atom is -0.300 e. The van der Waals surface area contributed by atoms with Gasteiger partial charge in [0.05, 0.1) is 0 Å². The highest BCUT2D eigenvalue weighted by atomic mass is 15.2. The predicted molar refractivity (Wildman–Crippen MR) is 95.7 cm³/mol. The van der Waals surface area contributed by atoms with Gasteiger partial charge < -0.3 is 4.90 Å². The number of pyridine rings is 1. The molecular formula is C21H32N2. The Hall–Kier alpha value is -0.890. The van der Waals surface area contributed by atoms with E-state index in [1.807, 2.05) is 0 Å². The lowest BCUT2D eigenvalue weighted by atomic mass is 9.86. The lowest BCUT2D eigenvalue weighted by Gasteiger charge is -2.39. The quantitative estimate of drug-likeness (QED) is 0.783. The van der Waals surface area contributed by atoms with E-state index in [2.05, 4.69) is 44.0 Å². The highest BCUT2D eigenvalue weighted by Gasteiger charge is 2.42. The molecular weight excluding hydrogens is 280 g/mol. The molecule has 2 heterocycles. The third-order valence-electron chi connectivity index (χ3n) is 6.77. The van der Waals surface area contributed by atoms with Crippen LogP contribution < -0.4 is 0 Å². The Bertz CT molecular complexity index is 534. The monoisotopic (exact) mass is 312 g/mol. The van der Waals surface area contributed by atoms with Crippen molar-refractivity contribution in [2.24, 2.45) is 11.8 Å². The Labute approximate surface area is 141 Å². The number of hydrogen-bond acceptors (Lipinski definition) is 2. The zero-order chi connectivity index (χ0) is 16.0. The minimum atomic E-state index is 0.205. The third kappa shape index (κ3) is 3.07. The fraction of sp³-hybridized carbons (Fsp3) is 0.762. The summed E-state index contributed by atoms with van der Waals surface area (Å²) >= 11 is 0. The first-order chi connectivity index (χ1) is 11.0. The standard InChI is InChI=1S/C21H32N2/c1-21(2,3)18-6-7-19(22-14-18)16-8-10-23(11-9-16)20-13-15-4-5-17(20)12-15/h6-7,14-17,20H,4-5,8-13H2,1-3H3. The van der Waals surface area contributed by atoms with Gasteiger partial charge in [-0.3, -0.25) is 4.98 Å². The molecule has 3 unspecified atom stereocenters. The van der Waals surface area contributed by atoms with Gasteiger partial charge in [0.2, 0.25) is 0 Å². The number of aromatic nitrogens is 1. The van der Waals surface area contributed by atoms with Gasteiger partial charge in [-0.25, -0.2) is 0 Å². The smallest absolute Gasteiger partial charge is 0.0435 e. The minimum absolute atomic E-state index is 0.205. The summed E-state index contributed by atoms with van der Waals surface area (Å²) in [5.41, 5.74) is 2.88. The summed E-state index contributed by atoms with van der Waals surface area (Å²) in [7, 11) is 0. The average Bonchev–Trinajstić information content (AvgIpc) is 3.17. The topological polar surface area (TPSA) is 16.1 Å². The first-order valence-electron chi connectivity index (χ1n) is 9.71. The van der Waals surface area contributed by atoms with Crippen LogP contribution >= 0.6 is 0 Å². The molecule has 4 rings (SSSR count). The molecule has 0 radical (unpaired) electrons. The van der Waals surface area contributed by atoms with Crippen LogP contribution in [-0.2, 0) is 5.41 Å². The van der Waals surface area contributed by atoms with Gasteiger partial charge in [-0.15, -0.1) is 0 Å². The fourth-order valence-electron chi connectivity index (χ4n) is 5.28. The van der Waals surface area contributed by atoms with Crippen molar-refractivity contribution >= 4 is 0 Å². The normalized spacial score (nSPS) is 32.6. The Morgan fingerprint density at radius 2 is 1.78 bits per heavy atom. The summed E-state index contributed by atoms with van der Waals surface area (Å²) in [6.07, 6.45) is 10.8. The Morgan fingerprint density at radius 1 is 1.00 bits per heavy atom. The molecule has 3 atom stereocenters. The van der Waals surface area contributed by atoms with Crippen LogP contribution in [0.4, 0.5) is 0 Å². The highest BCUT2D eigenvalue weighted by molar-refractivity contribution is 5.23. The van der Waals surface area contributed by atoms with Gasteiger partial charge in [0.25, 0.3) is 0 Å². The van der Waals surface area contributed by atoms with E-state index in [1.165, 1.54) is 62.9 Å². The van der Waals surface area contributed by atoms with Crippen LogP contribution in [0.5, 0.6) is 0 Å². The molecule has 2 saturated carbocycles. The lowest BCUT2D eigenvalue weighted by molar-refractivity contribution is 0.110. The molecule has 2 nitrogen and oxygen atoms in total. The lowest BCUT2D eigenvalue weighted by Crippen LogP contribution is -2.43. The van der Waals surface area contributed by atoms with E-state index >= 15 is 0 Å². The molecule has 3 aliphatic rings. The summed E-state index contributed by atoms with van der Waals surface area (Å²) in [4.78, 5) is 7.63. The van der Waals surface area contributed by atoms with E-state index < -0.39 is 0 Å². The Balaban J connectivity index is 1.36. The number of piperidine rings is 1. The molecule has 0 aromatic carbocycles. The molecule has 0 amide bonds. The van der Waals surface area contributed by atoms with E-state index in [-0.39, 0.29) is 5.41 Å². The van der Waals surface area contributed by atoms with E-state index in [9.17, 15) is 0 Å². The second-order valence-corrected chi connectivity index (χ2v) is 9.27. The van der Waals surface area contributed by atoms with E-state index in [4.69, 9.17) is 4.98 Å². The van der Waals surface area contributed by atoms with E-state index in [0.29, 0.717) is 5.92 Å². The largest absolute Gasteiger partial charge is 0.300 e. The van der Waals surface area contributed by atoms with Crippen LogP contribution in [0.3, 0.4) is 0 Å². The fourth-order valence-corrected chi connectivity index (χ4v) is 5.28. The van der Waals surface area contributed by atoms with E-state index in [0.717, 1.165) is 17.9 Å². The number of hydrogen-bond donors (Lipinski definition) is 0. The number of fused-ring (bicyclic) bond motifs is 2. The molecule has 0 N–H and O–H groups in total. The van der Waals surface area contributed by atoms with Gasteiger partial charge in [-0.05, 0) is 74.1 Å². The van der Waals surface area contributed by atoms with Crippen molar-refractivity contribution in [1.82, 2.24) is 9.88 Å². The van der Waals surface area contributed by atoms with Crippen molar-refractivity contribution in [2.45, 2.75) is 76.7 Å². The summed E-state index contributed by atoms with van der Waals surface area (Å²) in [5, 5.41) is 0. The second-order valence-electron chi connectivity index (χ2n) is 9.27. The average molecular weight is 313 g/mol. The third-order valence-corrected chi connectivity index (χ3v) is 6.77. The van der Waals surface area contributed by atoms with Crippen LogP contribution in [0.1, 0.15) is 76.5 Å². The number of likely N-dealkylation sites (tertiary alicyclic amines) is 1.